The Morgan fingerprint density at radius 1 is 1.00 bits per heavy atom. The monoisotopic (exact) mass is 450 g/mol. The summed E-state index contributed by atoms with van der Waals surface area (Å²) in [4.78, 5) is 54.5. The van der Waals surface area contributed by atoms with E-state index in [1.165, 1.54) is 4.90 Å². The minimum absolute atomic E-state index is 0.0352. The van der Waals surface area contributed by atoms with E-state index in [0.29, 0.717) is 0 Å². The molecule has 0 spiro atoms. The lowest BCUT2D eigenvalue weighted by Gasteiger charge is -2.22. The highest BCUT2D eigenvalue weighted by Crippen LogP contribution is 2.44. The maximum Gasteiger partial charge on any atom is 0.437 e. The van der Waals surface area contributed by atoms with Gasteiger partial charge in [-0.1, -0.05) is 12.2 Å². The van der Waals surface area contributed by atoms with Gasteiger partial charge in [0.1, 0.15) is 11.2 Å². The molecule has 3 heterocycles. The predicted octanol–water partition coefficient (Wildman–Crippen LogP) is 1.33. The molecule has 2 saturated heterocycles. The summed E-state index contributed by atoms with van der Waals surface area (Å²) in [7, 11) is 0. The molecule has 176 valence electrons. The second kappa shape index (κ2) is 8.53. The SMILES string of the molecule is CC(C)(C)OC(=O)/N=C(/NCCN1C(=O)[C@@H]2C3C=CC(O3)[C@@H]2C1=O)NC(=O)OC(C)(C)C. The molecule has 2 N–H and O–H groups in total. The fourth-order valence-electron chi connectivity index (χ4n) is 3.76. The molecule has 2 fully saturated rings. The third-order valence-corrected chi connectivity index (χ3v) is 4.85. The largest absolute Gasteiger partial charge is 0.444 e. The first kappa shape index (κ1) is 23.7. The molecule has 0 aliphatic carbocycles. The smallest absolute Gasteiger partial charge is 0.437 e. The van der Waals surface area contributed by atoms with Gasteiger partial charge in [-0.2, -0.15) is 0 Å². The Morgan fingerprint density at radius 2 is 1.53 bits per heavy atom. The topological polar surface area (TPSA) is 136 Å². The lowest BCUT2D eigenvalue weighted by atomic mass is 9.85. The highest BCUT2D eigenvalue weighted by Gasteiger charge is 2.60. The summed E-state index contributed by atoms with van der Waals surface area (Å²) >= 11 is 0. The molecule has 11 nitrogen and oxygen atoms in total. The van der Waals surface area contributed by atoms with Crippen LogP contribution in [0.4, 0.5) is 9.59 Å². The number of carbonyl (C=O) groups excluding carboxylic acids is 4. The number of alkyl carbamates (subject to hydrolysis) is 1. The van der Waals surface area contributed by atoms with Crippen molar-refractivity contribution in [3.63, 3.8) is 0 Å². The Bertz CT molecular complexity index is 838. The Kier molecular flexibility index (Phi) is 6.32. The maximum atomic E-state index is 12.7. The van der Waals surface area contributed by atoms with Gasteiger partial charge < -0.3 is 19.5 Å². The van der Waals surface area contributed by atoms with Crippen LogP contribution in [0.2, 0.25) is 0 Å². The van der Waals surface area contributed by atoms with Crippen molar-refractivity contribution in [1.82, 2.24) is 15.5 Å². The normalized spacial score (nSPS) is 26.9. The zero-order valence-electron chi connectivity index (χ0n) is 19.1. The molecule has 0 saturated carbocycles. The minimum Gasteiger partial charge on any atom is -0.444 e. The van der Waals surface area contributed by atoms with Gasteiger partial charge >= 0.3 is 12.2 Å². The van der Waals surface area contributed by atoms with Crippen molar-refractivity contribution in [2.45, 2.75) is 65.0 Å². The molecule has 0 aromatic carbocycles. The number of amides is 4. The van der Waals surface area contributed by atoms with E-state index in [2.05, 4.69) is 15.6 Å². The van der Waals surface area contributed by atoms with E-state index in [1.807, 2.05) is 12.2 Å². The van der Waals surface area contributed by atoms with Crippen molar-refractivity contribution in [3.05, 3.63) is 12.2 Å². The number of hydrogen-bond donors (Lipinski definition) is 2. The molecule has 4 atom stereocenters. The second-order valence-corrected chi connectivity index (χ2v) is 9.82. The van der Waals surface area contributed by atoms with E-state index in [-0.39, 0.29) is 43.1 Å². The first-order valence-electron chi connectivity index (χ1n) is 10.5. The molecule has 2 bridgehead atoms. The fraction of sp³-hybridized carbons (Fsp3) is 0.667. The summed E-state index contributed by atoms with van der Waals surface area (Å²) in [6.07, 6.45) is 1.16. The molecular weight excluding hydrogens is 420 g/mol. The number of hydrogen-bond acceptors (Lipinski definition) is 7. The summed E-state index contributed by atoms with van der Waals surface area (Å²) in [5.41, 5.74) is -1.54. The number of nitrogens with one attached hydrogen (secondary N) is 2. The Morgan fingerprint density at radius 3 is 2.03 bits per heavy atom. The van der Waals surface area contributed by atoms with Gasteiger partial charge in [0, 0.05) is 13.1 Å². The van der Waals surface area contributed by atoms with Crippen LogP contribution in [-0.4, -0.2) is 71.4 Å². The number of nitrogens with zero attached hydrogens (tertiary/aromatic N) is 2. The fourth-order valence-corrected chi connectivity index (χ4v) is 3.76. The van der Waals surface area contributed by atoms with Crippen LogP contribution in [0.5, 0.6) is 0 Å². The first-order valence-corrected chi connectivity index (χ1v) is 10.5. The number of likely N-dealkylation sites (tertiary alicyclic amines) is 1. The molecule has 4 amide bonds. The summed E-state index contributed by atoms with van der Waals surface area (Å²) in [6, 6.07) is 0. The van der Waals surface area contributed by atoms with Crippen molar-refractivity contribution >= 4 is 30.0 Å². The third-order valence-electron chi connectivity index (χ3n) is 4.85. The van der Waals surface area contributed by atoms with Crippen LogP contribution in [0, 0.1) is 11.8 Å². The number of imide groups is 1. The van der Waals surface area contributed by atoms with Gasteiger partial charge in [-0.15, -0.1) is 4.99 Å². The van der Waals surface area contributed by atoms with Crippen LogP contribution >= 0.6 is 0 Å². The van der Waals surface area contributed by atoms with Crippen molar-refractivity contribution in [2.75, 3.05) is 13.1 Å². The lowest BCUT2D eigenvalue weighted by molar-refractivity contribution is -0.142. The molecule has 2 unspecified atom stereocenters. The van der Waals surface area contributed by atoms with Crippen LogP contribution in [-0.2, 0) is 23.8 Å². The number of fused-ring (bicyclic) bond motifs is 5. The summed E-state index contributed by atoms with van der Waals surface area (Å²) in [5.74, 6) is -1.77. The van der Waals surface area contributed by atoms with Crippen molar-refractivity contribution in [2.24, 2.45) is 16.8 Å². The summed E-state index contributed by atoms with van der Waals surface area (Å²) in [5, 5.41) is 5.13. The second-order valence-electron chi connectivity index (χ2n) is 9.82. The van der Waals surface area contributed by atoms with Gasteiger partial charge in [-0.3, -0.25) is 19.8 Å². The highest BCUT2D eigenvalue weighted by atomic mass is 16.6. The van der Waals surface area contributed by atoms with E-state index < -0.39 is 35.2 Å². The van der Waals surface area contributed by atoms with Crippen LogP contribution in [0.25, 0.3) is 0 Å². The molecule has 0 aromatic rings. The van der Waals surface area contributed by atoms with Crippen molar-refractivity contribution < 1.29 is 33.4 Å². The molecular formula is C21H30N4O7. The summed E-state index contributed by atoms with van der Waals surface area (Å²) in [6.45, 7) is 10.2. The van der Waals surface area contributed by atoms with Crippen LogP contribution in [0.3, 0.4) is 0 Å². The number of ether oxygens (including phenoxy) is 3. The molecule has 3 aliphatic rings. The van der Waals surface area contributed by atoms with E-state index in [4.69, 9.17) is 14.2 Å². The standard InChI is InChI=1S/C21H30N4O7/c1-20(2,3)31-18(28)23-17(24-19(29)32-21(4,5)6)22-9-10-25-15(26)13-11-7-8-12(30-11)14(13)16(25)27/h7-8,11-14H,9-10H2,1-6H3,(H2,22,23,24,28,29)/t11?,12?,13-,14+. The summed E-state index contributed by atoms with van der Waals surface area (Å²) < 4.78 is 15.9. The number of carbonyl (C=O) groups is 4. The van der Waals surface area contributed by atoms with Crippen molar-refractivity contribution in [1.29, 1.82) is 0 Å². The van der Waals surface area contributed by atoms with Gasteiger partial charge in [0.05, 0.1) is 24.0 Å². The molecule has 11 heteroatoms. The quantitative estimate of drug-likeness (QED) is 0.284. The number of rotatable bonds is 3. The molecule has 3 rings (SSSR count). The average molecular weight is 450 g/mol. The Balaban J connectivity index is 1.62. The van der Waals surface area contributed by atoms with Gasteiger partial charge in [0.2, 0.25) is 17.8 Å². The Labute approximate surface area is 186 Å². The van der Waals surface area contributed by atoms with E-state index in [1.54, 1.807) is 41.5 Å². The molecule has 32 heavy (non-hydrogen) atoms. The van der Waals surface area contributed by atoms with Crippen LogP contribution in [0.1, 0.15) is 41.5 Å². The first-order chi connectivity index (χ1) is 14.7. The molecule has 0 aromatic heterocycles. The predicted molar refractivity (Wildman–Crippen MR) is 113 cm³/mol. The average Bonchev–Trinajstić information content (AvgIpc) is 3.27. The van der Waals surface area contributed by atoms with Gasteiger partial charge in [-0.05, 0) is 41.5 Å². The molecule has 0 radical (unpaired) electrons. The van der Waals surface area contributed by atoms with E-state index >= 15 is 0 Å². The number of aliphatic imine (C=N–C) groups is 1. The van der Waals surface area contributed by atoms with Crippen LogP contribution in [0.15, 0.2) is 17.1 Å². The van der Waals surface area contributed by atoms with Gasteiger partial charge in [-0.25, -0.2) is 9.59 Å². The van der Waals surface area contributed by atoms with Crippen molar-refractivity contribution in [3.8, 4) is 0 Å². The van der Waals surface area contributed by atoms with E-state index in [9.17, 15) is 19.2 Å². The Hall–Kier alpha value is -2.95. The minimum atomic E-state index is -0.918. The van der Waals surface area contributed by atoms with Gasteiger partial charge in [0.15, 0.2) is 0 Å². The van der Waals surface area contributed by atoms with Crippen LogP contribution < -0.4 is 10.6 Å². The van der Waals surface area contributed by atoms with E-state index in [0.717, 1.165) is 0 Å². The number of guanidine groups is 1. The zero-order chi connectivity index (χ0) is 23.8. The zero-order valence-corrected chi connectivity index (χ0v) is 19.1. The lowest BCUT2D eigenvalue weighted by Crippen LogP contribution is -2.47. The molecule has 3 aliphatic heterocycles. The maximum absolute atomic E-state index is 12.7. The van der Waals surface area contributed by atoms with Gasteiger partial charge in [0.25, 0.3) is 0 Å². The highest BCUT2D eigenvalue weighted by molar-refractivity contribution is 6.06. The third kappa shape index (κ3) is 5.45.